The predicted molar refractivity (Wildman–Crippen MR) is 52.5 cm³/mol. The van der Waals surface area contributed by atoms with Gasteiger partial charge in [0, 0.05) is 0 Å². The zero-order chi connectivity index (χ0) is 12.4. The SMILES string of the molecule is Cc1occc1-c1noc(CC(O)C(F)F)n1. The summed E-state index contributed by atoms with van der Waals surface area (Å²) in [5, 5.41) is 12.6. The van der Waals surface area contributed by atoms with Crippen LogP contribution >= 0.6 is 0 Å². The first-order valence-corrected chi connectivity index (χ1v) is 4.91. The Kier molecular flexibility index (Phi) is 3.19. The van der Waals surface area contributed by atoms with Crippen molar-refractivity contribution in [3.8, 4) is 11.4 Å². The highest BCUT2D eigenvalue weighted by atomic mass is 19.3. The van der Waals surface area contributed by atoms with Gasteiger partial charge in [0.25, 0.3) is 6.43 Å². The standard InChI is InChI=1S/C10H10F2N2O3/c1-5-6(2-3-16-5)10-13-8(17-14-10)4-7(15)9(11)12/h2-3,7,9,15H,4H2,1H3. The molecule has 2 heterocycles. The molecule has 0 saturated heterocycles. The highest BCUT2D eigenvalue weighted by Crippen LogP contribution is 2.21. The van der Waals surface area contributed by atoms with Crippen molar-refractivity contribution >= 4 is 0 Å². The van der Waals surface area contributed by atoms with Gasteiger partial charge >= 0.3 is 0 Å². The summed E-state index contributed by atoms with van der Waals surface area (Å²) < 4.78 is 34.0. The van der Waals surface area contributed by atoms with Crippen LogP contribution in [0.25, 0.3) is 11.4 Å². The summed E-state index contributed by atoms with van der Waals surface area (Å²) in [7, 11) is 0. The summed E-state index contributed by atoms with van der Waals surface area (Å²) in [5.74, 6) is 0.827. The van der Waals surface area contributed by atoms with Gasteiger partial charge in [0.2, 0.25) is 11.7 Å². The smallest absolute Gasteiger partial charge is 0.264 e. The topological polar surface area (TPSA) is 72.3 Å². The molecule has 0 spiro atoms. The largest absolute Gasteiger partial charge is 0.469 e. The van der Waals surface area contributed by atoms with Gasteiger partial charge in [-0.25, -0.2) is 8.78 Å². The third-order valence-electron chi connectivity index (χ3n) is 2.24. The number of halogens is 2. The summed E-state index contributed by atoms with van der Waals surface area (Å²) in [6, 6.07) is 1.65. The van der Waals surface area contributed by atoms with Gasteiger partial charge in [0.1, 0.15) is 11.9 Å². The van der Waals surface area contributed by atoms with Crippen LogP contribution in [0.4, 0.5) is 8.78 Å². The van der Waals surface area contributed by atoms with Crippen molar-refractivity contribution in [1.29, 1.82) is 0 Å². The van der Waals surface area contributed by atoms with Gasteiger partial charge in [0.15, 0.2) is 0 Å². The molecule has 2 aromatic rings. The van der Waals surface area contributed by atoms with Crippen LogP contribution in [0.15, 0.2) is 21.3 Å². The lowest BCUT2D eigenvalue weighted by atomic mass is 10.2. The van der Waals surface area contributed by atoms with Crippen LogP contribution in [-0.4, -0.2) is 27.8 Å². The van der Waals surface area contributed by atoms with Crippen LogP contribution in [0.5, 0.6) is 0 Å². The molecule has 1 N–H and O–H groups in total. The zero-order valence-corrected chi connectivity index (χ0v) is 8.93. The van der Waals surface area contributed by atoms with E-state index in [2.05, 4.69) is 10.1 Å². The molecule has 0 amide bonds. The predicted octanol–water partition coefficient (Wildman–Crippen LogP) is 1.81. The molecular formula is C10H10F2N2O3. The van der Waals surface area contributed by atoms with Crippen LogP contribution < -0.4 is 0 Å². The van der Waals surface area contributed by atoms with E-state index in [1.807, 2.05) is 0 Å². The molecule has 92 valence electrons. The minimum absolute atomic E-state index is 0.0339. The van der Waals surface area contributed by atoms with Crippen molar-refractivity contribution in [3.05, 3.63) is 24.0 Å². The van der Waals surface area contributed by atoms with Crippen LogP contribution in [0.2, 0.25) is 0 Å². The fourth-order valence-electron chi connectivity index (χ4n) is 1.33. The minimum Gasteiger partial charge on any atom is -0.469 e. The van der Waals surface area contributed by atoms with Gasteiger partial charge in [-0.1, -0.05) is 5.16 Å². The van der Waals surface area contributed by atoms with Crippen molar-refractivity contribution in [1.82, 2.24) is 10.1 Å². The van der Waals surface area contributed by atoms with Gasteiger partial charge in [-0.2, -0.15) is 4.98 Å². The molecule has 0 saturated carbocycles. The quantitative estimate of drug-likeness (QED) is 0.887. The van der Waals surface area contributed by atoms with E-state index in [-0.39, 0.29) is 18.1 Å². The lowest BCUT2D eigenvalue weighted by Crippen LogP contribution is -2.20. The van der Waals surface area contributed by atoms with Gasteiger partial charge in [0.05, 0.1) is 18.2 Å². The second-order valence-electron chi connectivity index (χ2n) is 3.51. The molecule has 0 radical (unpaired) electrons. The Labute approximate surface area is 95.1 Å². The third kappa shape index (κ3) is 2.50. The third-order valence-corrected chi connectivity index (χ3v) is 2.24. The first kappa shape index (κ1) is 11.7. The molecule has 17 heavy (non-hydrogen) atoms. The molecule has 1 atom stereocenters. The molecule has 7 heteroatoms. The molecule has 0 bridgehead atoms. The molecule has 0 aliphatic carbocycles. The number of aryl methyl sites for hydroxylation is 1. The Morgan fingerprint density at radius 3 is 2.82 bits per heavy atom. The normalized spacial score (nSPS) is 13.2. The maximum Gasteiger partial charge on any atom is 0.264 e. The first-order chi connectivity index (χ1) is 8.08. The van der Waals surface area contributed by atoms with Gasteiger partial charge in [-0.05, 0) is 13.0 Å². The van der Waals surface area contributed by atoms with E-state index in [9.17, 15) is 8.78 Å². The van der Waals surface area contributed by atoms with Crippen LogP contribution in [-0.2, 0) is 6.42 Å². The zero-order valence-electron chi connectivity index (χ0n) is 8.93. The average Bonchev–Trinajstić information content (AvgIpc) is 2.86. The van der Waals surface area contributed by atoms with Gasteiger partial charge in [-0.3, -0.25) is 0 Å². The van der Waals surface area contributed by atoms with Crippen LogP contribution in [0.3, 0.4) is 0 Å². The van der Waals surface area contributed by atoms with E-state index >= 15 is 0 Å². The van der Waals surface area contributed by atoms with Gasteiger partial charge in [-0.15, -0.1) is 0 Å². The Hall–Kier alpha value is -1.76. The number of rotatable bonds is 4. The summed E-state index contributed by atoms with van der Waals surface area (Å²) in [4.78, 5) is 3.90. The van der Waals surface area contributed by atoms with E-state index in [1.54, 1.807) is 13.0 Å². The Balaban J connectivity index is 2.14. The van der Waals surface area contributed by atoms with Crippen molar-refractivity contribution in [3.63, 3.8) is 0 Å². The second-order valence-corrected chi connectivity index (χ2v) is 3.51. The number of hydrogen-bond acceptors (Lipinski definition) is 5. The molecule has 0 aliphatic heterocycles. The lowest BCUT2D eigenvalue weighted by Gasteiger charge is -2.04. The second kappa shape index (κ2) is 4.62. The molecule has 0 fully saturated rings. The van der Waals surface area contributed by atoms with E-state index < -0.39 is 12.5 Å². The van der Waals surface area contributed by atoms with Crippen molar-refractivity contribution in [2.75, 3.05) is 0 Å². The van der Waals surface area contributed by atoms with Gasteiger partial charge < -0.3 is 14.0 Å². The number of aliphatic hydroxyl groups is 1. The highest BCUT2D eigenvalue weighted by Gasteiger charge is 2.21. The minimum atomic E-state index is -2.83. The van der Waals surface area contributed by atoms with E-state index in [0.29, 0.717) is 11.3 Å². The Bertz CT molecular complexity index is 495. The summed E-state index contributed by atoms with van der Waals surface area (Å²) in [5.41, 5.74) is 0.631. The van der Waals surface area contributed by atoms with E-state index in [1.165, 1.54) is 6.26 Å². The van der Waals surface area contributed by atoms with E-state index in [4.69, 9.17) is 14.0 Å². The number of aromatic nitrogens is 2. The van der Waals surface area contributed by atoms with Crippen LogP contribution in [0.1, 0.15) is 11.7 Å². The monoisotopic (exact) mass is 244 g/mol. The molecule has 0 aliphatic rings. The van der Waals surface area contributed by atoms with Crippen molar-refractivity contribution < 1.29 is 22.8 Å². The molecule has 1 unspecified atom stereocenters. The van der Waals surface area contributed by atoms with Crippen molar-refractivity contribution in [2.45, 2.75) is 25.9 Å². The maximum absolute atomic E-state index is 12.1. The number of nitrogens with zero attached hydrogens (tertiary/aromatic N) is 2. The Morgan fingerprint density at radius 1 is 1.47 bits per heavy atom. The average molecular weight is 244 g/mol. The Morgan fingerprint density at radius 2 is 2.24 bits per heavy atom. The molecule has 2 rings (SSSR count). The van der Waals surface area contributed by atoms with E-state index in [0.717, 1.165) is 0 Å². The van der Waals surface area contributed by atoms with Crippen LogP contribution in [0, 0.1) is 6.92 Å². The highest BCUT2D eigenvalue weighted by molar-refractivity contribution is 5.56. The lowest BCUT2D eigenvalue weighted by molar-refractivity contribution is -0.00754. The first-order valence-electron chi connectivity index (χ1n) is 4.91. The number of furan rings is 1. The maximum atomic E-state index is 12.1. The summed E-state index contributed by atoms with van der Waals surface area (Å²) in [6.07, 6.45) is -3.54. The summed E-state index contributed by atoms with van der Waals surface area (Å²) in [6.45, 7) is 1.72. The fraction of sp³-hybridized carbons (Fsp3) is 0.400. The molecule has 0 aromatic carbocycles. The fourth-order valence-corrected chi connectivity index (χ4v) is 1.33. The molecular weight excluding hydrogens is 234 g/mol. The summed E-state index contributed by atoms with van der Waals surface area (Å²) >= 11 is 0. The number of hydrogen-bond donors (Lipinski definition) is 1. The number of aliphatic hydroxyl groups excluding tert-OH is 1. The molecule has 5 nitrogen and oxygen atoms in total. The van der Waals surface area contributed by atoms with Crippen molar-refractivity contribution in [2.24, 2.45) is 0 Å². The number of alkyl halides is 2. The molecule has 2 aromatic heterocycles.